The van der Waals surface area contributed by atoms with Gasteiger partial charge in [-0.15, -0.1) is 0 Å². The molecule has 0 aliphatic carbocycles. The van der Waals surface area contributed by atoms with Crippen molar-refractivity contribution in [3.63, 3.8) is 0 Å². The van der Waals surface area contributed by atoms with Crippen LogP contribution in [0.2, 0.25) is 0 Å². The maximum absolute atomic E-state index is 11.5. The van der Waals surface area contributed by atoms with Gasteiger partial charge < -0.3 is 5.11 Å². The van der Waals surface area contributed by atoms with Crippen LogP contribution in [0.4, 0.5) is 5.69 Å². The molecule has 8 heteroatoms. The standard InChI is InChI=1S/C9H9N3O4S/c1-6(4-10)17(15,16)12-7-2-3-8(9(13)14)11-5-7/h2-3,5-6,12H,1H3,(H,13,14). The van der Waals surface area contributed by atoms with Gasteiger partial charge in [0.25, 0.3) is 0 Å². The summed E-state index contributed by atoms with van der Waals surface area (Å²) >= 11 is 0. The number of carbonyl (C=O) groups is 1. The van der Waals surface area contributed by atoms with E-state index in [-0.39, 0.29) is 11.4 Å². The topological polar surface area (TPSA) is 120 Å². The number of anilines is 1. The Morgan fingerprint density at radius 1 is 1.59 bits per heavy atom. The molecule has 0 spiro atoms. The number of nitriles is 1. The van der Waals surface area contributed by atoms with Crippen molar-refractivity contribution < 1.29 is 18.3 Å². The number of carboxylic acid groups (broad SMARTS) is 1. The largest absolute Gasteiger partial charge is 0.477 e. The first-order valence-electron chi connectivity index (χ1n) is 4.47. The van der Waals surface area contributed by atoms with Crippen LogP contribution in [0.5, 0.6) is 0 Å². The lowest BCUT2D eigenvalue weighted by Crippen LogP contribution is -2.23. The first kappa shape index (κ1) is 12.9. The highest BCUT2D eigenvalue weighted by Gasteiger charge is 2.20. The maximum Gasteiger partial charge on any atom is 0.354 e. The molecule has 1 heterocycles. The summed E-state index contributed by atoms with van der Waals surface area (Å²) in [4.78, 5) is 14.0. The summed E-state index contributed by atoms with van der Waals surface area (Å²) in [7, 11) is -3.80. The van der Waals surface area contributed by atoms with E-state index in [4.69, 9.17) is 10.4 Å². The SMILES string of the molecule is CC(C#N)S(=O)(=O)Nc1ccc(C(=O)O)nc1. The Morgan fingerprint density at radius 3 is 2.65 bits per heavy atom. The van der Waals surface area contributed by atoms with Crippen LogP contribution < -0.4 is 4.72 Å². The normalized spacial score (nSPS) is 12.5. The van der Waals surface area contributed by atoms with Gasteiger partial charge in [-0.1, -0.05) is 0 Å². The molecule has 1 rings (SSSR count). The van der Waals surface area contributed by atoms with Gasteiger partial charge in [-0.25, -0.2) is 18.2 Å². The predicted octanol–water partition coefficient (Wildman–Crippen LogP) is 0.434. The Kier molecular flexibility index (Phi) is 3.65. The van der Waals surface area contributed by atoms with E-state index in [2.05, 4.69) is 9.71 Å². The molecule has 7 nitrogen and oxygen atoms in total. The van der Waals surface area contributed by atoms with Gasteiger partial charge in [0.15, 0.2) is 5.25 Å². The van der Waals surface area contributed by atoms with Crippen LogP contribution in [0.1, 0.15) is 17.4 Å². The minimum absolute atomic E-state index is 0.108. The fraction of sp³-hybridized carbons (Fsp3) is 0.222. The summed E-state index contributed by atoms with van der Waals surface area (Å²) in [5, 5.41) is 15.9. The van der Waals surface area contributed by atoms with E-state index in [9.17, 15) is 13.2 Å². The Balaban J connectivity index is 2.91. The van der Waals surface area contributed by atoms with Gasteiger partial charge in [0, 0.05) is 0 Å². The predicted molar refractivity (Wildman–Crippen MR) is 58.8 cm³/mol. The van der Waals surface area contributed by atoms with Crippen LogP contribution in [-0.4, -0.2) is 29.7 Å². The van der Waals surface area contributed by atoms with Gasteiger partial charge in [-0.3, -0.25) is 4.72 Å². The van der Waals surface area contributed by atoms with E-state index in [1.54, 1.807) is 6.07 Å². The van der Waals surface area contributed by atoms with E-state index >= 15 is 0 Å². The highest BCUT2D eigenvalue weighted by atomic mass is 32.2. The Bertz CT molecular complexity index is 559. The Hall–Kier alpha value is -2.14. The molecule has 2 N–H and O–H groups in total. The number of rotatable bonds is 4. The third-order valence-electron chi connectivity index (χ3n) is 1.89. The molecule has 0 saturated carbocycles. The van der Waals surface area contributed by atoms with Gasteiger partial charge in [0.2, 0.25) is 10.0 Å². The van der Waals surface area contributed by atoms with E-state index in [1.807, 2.05) is 0 Å². The van der Waals surface area contributed by atoms with E-state index in [1.165, 1.54) is 13.0 Å². The van der Waals surface area contributed by atoms with Gasteiger partial charge in [0.1, 0.15) is 5.69 Å². The summed E-state index contributed by atoms with van der Waals surface area (Å²) in [6.07, 6.45) is 1.07. The van der Waals surface area contributed by atoms with Gasteiger partial charge in [0.05, 0.1) is 18.0 Å². The number of nitrogens with one attached hydrogen (secondary N) is 1. The molecule has 1 atom stereocenters. The second-order valence-corrected chi connectivity index (χ2v) is 5.16. The highest BCUT2D eigenvalue weighted by Crippen LogP contribution is 2.11. The summed E-state index contributed by atoms with van der Waals surface area (Å²) < 4.78 is 25.1. The summed E-state index contributed by atoms with van der Waals surface area (Å²) in [5.41, 5.74) is -0.0848. The average molecular weight is 255 g/mol. The van der Waals surface area contributed by atoms with Crippen molar-refractivity contribution in [2.24, 2.45) is 0 Å². The monoisotopic (exact) mass is 255 g/mol. The minimum atomic E-state index is -3.80. The quantitative estimate of drug-likeness (QED) is 0.805. The molecule has 17 heavy (non-hydrogen) atoms. The number of nitrogens with zero attached hydrogens (tertiary/aromatic N) is 2. The van der Waals surface area contributed by atoms with Crippen molar-refractivity contribution in [3.05, 3.63) is 24.0 Å². The molecule has 0 aromatic carbocycles. The Morgan fingerprint density at radius 2 is 2.24 bits per heavy atom. The van der Waals surface area contributed by atoms with Crippen LogP contribution >= 0.6 is 0 Å². The zero-order chi connectivity index (χ0) is 13.1. The zero-order valence-corrected chi connectivity index (χ0v) is 9.60. The molecule has 90 valence electrons. The van der Waals surface area contributed by atoms with Crippen LogP contribution in [-0.2, 0) is 10.0 Å². The van der Waals surface area contributed by atoms with E-state index in [0.717, 1.165) is 12.3 Å². The summed E-state index contributed by atoms with van der Waals surface area (Å²) in [6.45, 7) is 1.24. The Labute approximate surface area is 97.8 Å². The summed E-state index contributed by atoms with van der Waals surface area (Å²) in [6, 6.07) is 4.02. The lowest BCUT2D eigenvalue weighted by Gasteiger charge is -2.08. The van der Waals surface area contributed by atoms with E-state index in [0.29, 0.717) is 0 Å². The first-order chi connectivity index (χ1) is 7.86. The number of aromatic nitrogens is 1. The molecule has 0 bridgehead atoms. The van der Waals surface area contributed by atoms with Crippen molar-refractivity contribution >= 4 is 21.7 Å². The number of hydrogen-bond acceptors (Lipinski definition) is 5. The summed E-state index contributed by atoms with van der Waals surface area (Å²) in [5.74, 6) is -1.20. The molecular formula is C9H9N3O4S. The second-order valence-electron chi connectivity index (χ2n) is 3.16. The van der Waals surface area contributed by atoms with Crippen LogP contribution in [0.15, 0.2) is 18.3 Å². The van der Waals surface area contributed by atoms with Crippen molar-refractivity contribution in [1.82, 2.24) is 4.98 Å². The molecule has 0 saturated heterocycles. The molecule has 1 aromatic rings. The molecule has 0 radical (unpaired) electrons. The third kappa shape index (κ3) is 3.15. The van der Waals surface area contributed by atoms with Crippen molar-refractivity contribution in [2.75, 3.05) is 4.72 Å². The first-order valence-corrected chi connectivity index (χ1v) is 6.02. The van der Waals surface area contributed by atoms with Crippen LogP contribution in [0.3, 0.4) is 0 Å². The van der Waals surface area contributed by atoms with Crippen molar-refractivity contribution in [1.29, 1.82) is 5.26 Å². The number of aromatic carboxylic acids is 1. The molecule has 0 amide bonds. The molecule has 1 unspecified atom stereocenters. The van der Waals surface area contributed by atoms with Crippen LogP contribution in [0.25, 0.3) is 0 Å². The van der Waals surface area contributed by atoms with E-state index < -0.39 is 21.2 Å². The average Bonchev–Trinajstić information content (AvgIpc) is 2.28. The lowest BCUT2D eigenvalue weighted by molar-refractivity contribution is 0.0690. The van der Waals surface area contributed by atoms with Crippen molar-refractivity contribution in [2.45, 2.75) is 12.2 Å². The molecule has 0 aliphatic heterocycles. The second kappa shape index (κ2) is 4.80. The van der Waals surface area contributed by atoms with Gasteiger partial charge >= 0.3 is 5.97 Å². The lowest BCUT2D eigenvalue weighted by atomic mass is 10.3. The van der Waals surface area contributed by atoms with Crippen LogP contribution in [0, 0.1) is 11.3 Å². The van der Waals surface area contributed by atoms with Crippen molar-refractivity contribution in [3.8, 4) is 6.07 Å². The van der Waals surface area contributed by atoms with Gasteiger partial charge in [-0.2, -0.15) is 5.26 Å². The third-order valence-corrected chi connectivity index (χ3v) is 3.45. The number of hydrogen-bond donors (Lipinski definition) is 2. The fourth-order valence-corrected chi connectivity index (χ4v) is 1.67. The molecule has 0 aliphatic rings. The number of pyridine rings is 1. The number of carboxylic acids is 1. The smallest absolute Gasteiger partial charge is 0.354 e. The van der Waals surface area contributed by atoms with Gasteiger partial charge in [-0.05, 0) is 19.1 Å². The molecular weight excluding hydrogens is 246 g/mol. The minimum Gasteiger partial charge on any atom is -0.477 e. The maximum atomic E-state index is 11.5. The molecule has 1 aromatic heterocycles. The highest BCUT2D eigenvalue weighted by molar-refractivity contribution is 7.93. The molecule has 0 fully saturated rings. The fourth-order valence-electron chi connectivity index (χ4n) is 0.903. The zero-order valence-electron chi connectivity index (χ0n) is 8.78. The number of sulfonamides is 1.